The zero-order chi connectivity index (χ0) is 12.6. The van der Waals surface area contributed by atoms with E-state index in [1.54, 1.807) is 12.4 Å². The Kier molecular flexibility index (Phi) is 2.95. The number of rotatable bonds is 1. The van der Waals surface area contributed by atoms with Gasteiger partial charge in [-0.15, -0.1) is 0 Å². The second-order valence-electron chi connectivity index (χ2n) is 4.80. The van der Waals surface area contributed by atoms with Crippen LogP contribution in [0.15, 0.2) is 29.0 Å². The highest BCUT2D eigenvalue weighted by atomic mass is 79.9. The van der Waals surface area contributed by atoms with Crippen molar-refractivity contribution in [1.29, 1.82) is 0 Å². The maximum atomic E-state index is 11.8. The number of pyridine rings is 1. The third kappa shape index (κ3) is 2.34. The second kappa shape index (κ2) is 4.14. The molecule has 17 heavy (non-hydrogen) atoms. The van der Waals surface area contributed by atoms with Gasteiger partial charge in [-0.05, 0) is 48.8 Å². The molecule has 5 heteroatoms. The lowest BCUT2D eigenvalue weighted by Gasteiger charge is -2.16. The molecule has 0 radical (unpaired) electrons. The normalized spacial score (nSPS) is 11.8. The van der Waals surface area contributed by atoms with Gasteiger partial charge in [0.25, 0.3) is 0 Å². The van der Waals surface area contributed by atoms with Gasteiger partial charge in [-0.25, -0.2) is 9.78 Å². The summed E-state index contributed by atoms with van der Waals surface area (Å²) < 4.78 is 2.32. The van der Waals surface area contributed by atoms with Crippen LogP contribution in [0.5, 0.6) is 0 Å². The van der Waals surface area contributed by atoms with Crippen LogP contribution in [0.25, 0.3) is 11.0 Å². The topological polar surface area (TPSA) is 44.1 Å². The van der Waals surface area contributed by atoms with Crippen LogP contribution in [0.3, 0.4) is 0 Å². The van der Waals surface area contributed by atoms with E-state index in [-0.39, 0.29) is 5.97 Å². The van der Waals surface area contributed by atoms with Crippen molar-refractivity contribution in [3.8, 4) is 0 Å². The largest absolute Gasteiger partial charge is 0.338 e. The molecule has 0 aliphatic heterocycles. The first-order valence-electron chi connectivity index (χ1n) is 5.24. The molecule has 0 bridgehead atoms. The van der Waals surface area contributed by atoms with Crippen LogP contribution in [0.4, 0.5) is 0 Å². The number of fused-ring (bicyclic) bond motifs is 1. The van der Waals surface area contributed by atoms with Crippen molar-refractivity contribution >= 4 is 32.9 Å². The summed E-state index contributed by atoms with van der Waals surface area (Å²) in [5, 5.41) is 0.911. The first-order chi connectivity index (χ1) is 7.89. The summed E-state index contributed by atoms with van der Waals surface area (Å²) in [6, 6.07) is 3.70. The van der Waals surface area contributed by atoms with E-state index in [0.717, 1.165) is 9.86 Å². The van der Waals surface area contributed by atoms with Gasteiger partial charge in [0.05, 0.1) is 5.41 Å². The Morgan fingerprint density at radius 1 is 1.41 bits per heavy atom. The molecule has 0 amide bonds. The molecule has 0 spiro atoms. The van der Waals surface area contributed by atoms with Gasteiger partial charge in [-0.2, -0.15) is 4.73 Å². The van der Waals surface area contributed by atoms with E-state index >= 15 is 0 Å². The Morgan fingerprint density at radius 3 is 2.76 bits per heavy atom. The van der Waals surface area contributed by atoms with Crippen molar-refractivity contribution in [3.63, 3.8) is 0 Å². The summed E-state index contributed by atoms with van der Waals surface area (Å²) >= 11 is 3.42. The van der Waals surface area contributed by atoms with Crippen molar-refractivity contribution in [1.82, 2.24) is 9.71 Å². The first kappa shape index (κ1) is 12.1. The molecular weight excluding hydrogens is 284 g/mol. The van der Waals surface area contributed by atoms with E-state index in [1.165, 1.54) is 4.73 Å². The van der Waals surface area contributed by atoms with E-state index < -0.39 is 5.41 Å². The lowest BCUT2D eigenvalue weighted by atomic mass is 9.98. The molecule has 0 N–H and O–H groups in total. The van der Waals surface area contributed by atoms with E-state index in [9.17, 15) is 4.79 Å². The third-order valence-electron chi connectivity index (χ3n) is 2.29. The van der Waals surface area contributed by atoms with E-state index in [4.69, 9.17) is 4.84 Å². The van der Waals surface area contributed by atoms with Crippen LogP contribution < -0.4 is 4.84 Å². The predicted octanol–water partition coefficient (Wildman–Crippen LogP) is 2.80. The third-order valence-corrected chi connectivity index (χ3v) is 2.99. The Balaban J connectivity index is 2.38. The zero-order valence-electron chi connectivity index (χ0n) is 9.90. The number of nitrogens with zero attached hydrogens (tertiary/aromatic N) is 2. The van der Waals surface area contributed by atoms with Crippen molar-refractivity contribution < 1.29 is 9.63 Å². The fourth-order valence-electron chi connectivity index (χ4n) is 1.28. The smallest absolute Gasteiger partial charge is 0.334 e. The Bertz CT molecular complexity index is 569. The van der Waals surface area contributed by atoms with Crippen molar-refractivity contribution in [2.75, 3.05) is 0 Å². The molecule has 2 aromatic heterocycles. The molecule has 2 heterocycles. The monoisotopic (exact) mass is 296 g/mol. The summed E-state index contributed by atoms with van der Waals surface area (Å²) in [6.07, 6.45) is 3.35. The van der Waals surface area contributed by atoms with Crippen LogP contribution >= 0.6 is 15.9 Å². The molecule has 0 saturated carbocycles. The minimum Gasteiger partial charge on any atom is -0.334 e. The van der Waals surface area contributed by atoms with Crippen molar-refractivity contribution in [3.05, 3.63) is 29.0 Å². The summed E-state index contributed by atoms with van der Waals surface area (Å²) in [6.45, 7) is 5.43. The lowest BCUT2D eigenvalue weighted by Crippen LogP contribution is -2.31. The molecule has 0 aromatic carbocycles. The van der Waals surface area contributed by atoms with Gasteiger partial charge in [0.2, 0.25) is 0 Å². The van der Waals surface area contributed by atoms with Gasteiger partial charge in [0.1, 0.15) is 0 Å². The molecule has 90 valence electrons. The van der Waals surface area contributed by atoms with Gasteiger partial charge in [-0.3, -0.25) is 0 Å². The summed E-state index contributed by atoms with van der Waals surface area (Å²) in [5.41, 5.74) is 0.0831. The van der Waals surface area contributed by atoms with Gasteiger partial charge in [0, 0.05) is 22.3 Å². The number of hydrogen-bond donors (Lipinski definition) is 0. The highest BCUT2D eigenvalue weighted by molar-refractivity contribution is 9.10. The van der Waals surface area contributed by atoms with E-state index in [2.05, 4.69) is 20.9 Å². The molecule has 2 rings (SSSR count). The number of halogens is 1. The zero-order valence-corrected chi connectivity index (χ0v) is 11.5. The first-order valence-corrected chi connectivity index (χ1v) is 6.03. The van der Waals surface area contributed by atoms with Gasteiger partial charge < -0.3 is 4.84 Å². The lowest BCUT2D eigenvalue weighted by molar-refractivity contribution is -0.152. The molecule has 0 fully saturated rings. The number of aromatic nitrogens is 2. The summed E-state index contributed by atoms with van der Waals surface area (Å²) in [5.74, 6) is -0.295. The molecule has 0 atom stereocenters. The average molecular weight is 297 g/mol. The maximum absolute atomic E-state index is 11.8. The Morgan fingerprint density at radius 2 is 2.12 bits per heavy atom. The second-order valence-corrected chi connectivity index (χ2v) is 5.65. The molecule has 0 aliphatic rings. The molecular formula is C12H13BrN2O2. The highest BCUT2D eigenvalue weighted by Crippen LogP contribution is 2.23. The summed E-state index contributed by atoms with van der Waals surface area (Å²) in [4.78, 5) is 21.3. The molecule has 4 nitrogen and oxygen atoms in total. The number of carbonyl (C=O) groups is 1. The van der Waals surface area contributed by atoms with Crippen molar-refractivity contribution in [2.24, 2.45) is 5.41 Å². The van der Waals surface area contributed by atoms with Gasteiger partial charge >= 0.3 is 5.97 Å². The Labute approximate surface area is 108 Å². The molecule has 2 aromatic rings. The average Bonchev–Trinajstić information content (AvgIpc) is 2.62. The molecule has 0 aliphatic carbocycles. The maximum Gasteiger partial charge on any atom is 0.338 e. The van der Waals surface area contributed by atoms with Crippen LogP contribution in [0, 0.1) is 5.41 Å². The van der Waals surface area contributed by atoms with E-state index in [1.807, 2.05) is 32.9 Å². The summed E-state index contributed by atoms with van der Waals surface area (Å²) in [7, 11) is 0. The minimum absolute atomic E-state index is 0.295. The molecule has 0 unspecified atom stereocenters. The van der Waals surface area contributed by atoms with E-state index in [0.29, 0.717) is 5.65 Å². The minimum atomic E-state index is -0.539. The fourth-order valence-corrected chi connectivity index (χ4v) is 1.71. The quantitative estimate of drug-likeness (QED) is 0.813. The Hall–Kier alpha value is -1.36. The standard InChI is InChI=1S/C12H13BrN2O2/c1-12(2,3)11(16)17-15-7-5-8-9(13)4-6-14-10(8)15/h4-7H,1-3H3. The number of carbonyl (C=O) groups excluding carboxylic acids is 1. The van der Waals surface area contributed by atoms with Crippen LogP contribution in [0.1, 0.15) is 20.8 Å². The predicted molar refractivity (Wildman–Crippen MR) is 68.5 cm³/mol. The van der Waals surface area contributed by atoms with Crippen LogP contribution in [-0.2, 0) is 4.79 Å². The molecule has 0 saturated heterocycles. The van der Waals surface area contributed by atoms with Gasteiger partial charge in [-0.1, -0.05) is 0 Å². The fraction of sp³-hybridized carbons (Fsp3) is 0.333. The number of hydrogen-bond acceptors (Lipinski definition) is 3. The SMILES string of the molecule is CC(C)(C)C(=O)On1ccc2c(Br)ccnc21. The van der Waals surface area contributed by atoms with Crippen LogP contribution in [0.2, 0.25) is 0 Å². The van der Waals surface area contributed by atoms with Crippen LogP contribution in [-0.4, -0.2) is 15.7 Å². The van der Waals surface area contributed by atoms with Gasteiger partial charge in [0.15, 0.2) is 5.65 Å². The highest BCUT2D eigenvalue weighted by Gasteiger charge is 2.24. The van der Waals surface area contributed by atoms with Crippen molar-refractivity contribution in [2.45, 2.75) is 20.8 Å².